The van der Waals surface area contributed by atoms with Gasteiger partial charge in [-0.15, -0.1) is 0 Å². The van der Waals surface area contributed by atoms with Crippen LogP contribution in [0.5, 0.6) is 0 Å². The highest BCUT2D eigenvalue weighted by Crippen LogP contribution is 2.67. The molecule has 0 bridgehead atoms. The van der Waals surface area contributed by atoms with Crippen LogP contribution in [-0.2, 0) is 14.3 Å². The fourth-order valence-corrected chi connectivity index (χ4v) is 10.8. The molecule has 4 rings (SSSR count). The first kappa shape index (κ1) is 38.4. The van der Waals surface area contributed by atoms with Crippen LogP contribution in [0.3, 0.4) is 0 Å². The number of esters is 1. The molecule has 8 atom stereocenters. The van der Waals surface area contributed by atoms with E-state index in [1.807, 2.05) is 4.90 Å². The summed E-state index contributed by atoms with van der Waals surface area (Å²) in [6.07, 6.45) is 19.6. The van der Waals surface area contributed by atoms with Gasteiger partial charge in [0.05, 0.1) is 0 Å². The van der Waals surface area contributed by atoms with Gasteiger partial charge in [0.2, 0.25) is 5.91 Å². The van der Waals surface area contributed by atoms with Gasteiger partial charge in [-0.25, -0.2) is 0 Å². The number of fused-ring (bicyclic) bond motifs is 5. The van der Waals surface area contributed by atoms with E-state index in [0.717, 1.165) is 93.5 Å². The Morgan fingerprint density at radius 2 is 1.66 bits per heavy atom. The first-order valence-electron chi connectivity index (χ1n) is 19.8. The Hall–Kier alpha value is -1.44. The molecule has 0 saturated heterocycles. The summed E-state index contributed by atoms with van der Waals surface area (Å²) >= 11 is 0. The van der Waals surface area contributed by atoms with E-state index in [-0.39, 0.29) is 29.8 Å². The number of allylic oxidation sites excluding steroid dienone is 1. The minimum Gasteiger partial charge on any atom is -0.462 e. The molecular weight excluding hydrogens is 584 g/mol. The van der Waals surface area contributed by atoms with Crippen molar-refractivity contribution < 1.29 is 14.3 Å². The standard InChI is InChI=1S/C40H72N4O3/c1-29(2)11-8-12-30(3)34-15-16-35-33-14-13-31-27-32(17-19-39(31,4)36(33)18-20-40(34,35)5)47-38(46)28-37(45)44(26-10-22-42)25-7-6-23-43-24-9-21-41/h13,29-30,32-36,43H,6-12,14-28,41-42H2,1-5H3/t30-,32+,33+,34-,35+,36+,39+,40-/m1/s1. The van der Waals surface area contributed by atoms with Gasteiger partial charge in [0.15, 0.2) is 0 Å². The number of rotatable bonds is 19. The molecule has 47 heavy (non-hydrogen) atoms. The van der Waals surface area contributed by atoms with Crippen molar-refractivity contribution in [2.24, 2.45) is 57.8 Å². The average molecular weight is 657 g/mol. The van der Waals surface area contributed by atoms with E-state index in [0.29, 0.717) is 31.6 Å². The van der Waals surface area contributed by atoms with E-state index >= 15 is 0 Å². The van der Waals surface area contributed by atoms with E-state index in [1.165, 1.54) is 56.9 Å². The third-order valence-corrected chi connectivity index (χ3v) is 13.4. The summed E-state index contributed by atoms with van der Waals surface area (Å²) in [5.41, 5.74) is 13.6. The second kappa shape index (κ2) is 18.0. The van der Waals surface area contributed by atoms with Gasteiger partial charge in [0.1, 0.15) is 12.5 Å². The van der Waals surface area contributed by atoms with Crippen LogP contribution in [0.15, 0.2) is 11.6 Å². The molecule has 3 fully saturated rings. The number of nitrogens with zero attached hydrogens (tertiary/aromatic N) is 1. The van der Waals surface area contributed by atoms with Crippen molar-refractivity contribution in [1.82, 2.24) is 10.2 Å². The largest absolute Gasteiger partial charge is 0.462 e. The van der Waals surface area contributed by atoms with Crippen molar-refractivity contribution in [2.45, 2.75) is 143 Å². The zero-order chi connectivity index (χ0) is 34.0. The molecule has 0 spiro atoms. The van der Waals surface area contributed by atoms with Crippen LogP contribution < -0.4 is 16.8 Å². The molecule has 4 aliphatic rings. The van der Waals surface area contributed by atoms with Gasteiger partial charge in [-0.1, -0.05) is 65.5 Å². The van der Waals surface area contributed by atoms with Crippen molar-refractivity contribution in [3.63, 3.8) is 0 Å². The Bertz CT molecular complexity index is 1030. The molecule has 4 aliphatic carbocycles. The Morgan fingerprint density at radius 3 is 2.40 bits per heavy atom. The van der Waals surface area contributed by atoms with E-state index in [2.05, 4.69) is 46.0 Å². The Kier molecular flexibility index (Phi) is 14.7. The maximum Gasteiger partial charge on any atom is 0.315 e. The molecule has 0 aliphatic heterocycles. The molecule has 5 N–H and O–H groups in total. The van der Waals surface area contributed by atoms with Crippen molar-refractivity contribution >= 4 is 11.9 Å². The van der Waals surface area contributed by atoms with Crippen LogP contribution in [0.1, 0.15) is 137 Å². The number of amides is 1. The lowest BCUT2D eigenvalue weighted by molar-refractivity contribution is -0.155. The summed E-state index contributed by atoms with van der Waals surface area (Å²) in [6.45, 7) is 16.8. The molecule has 7 heteroatoms. The molecule has 0 radical (unpaired) electrons. The van der Waals surface area contributed by atoms with Crippen LogP contribution >= 0.6 is 0 Å². The van der Waals surface area contributed by atoms with E-state index < -0.39 is 0 Å². The quantitative estimate of drug-likeness (QED) is 0.0586. The summed E-state index contributed by atoms with van der Waals surface area (Å²) in [4.78, 5) is 28.0. The van der Waals surface area contributed by atoms with Gasteiger partial charge >= 0.3 is 5.97 Å². The highest BCUT2D eigenvalue weighted by Gasteiger charge is 2.59. The first-order chi connectivity index (χ1) is 22.5. The molecule has 1 amide bonds. The molecule has 3 saturated carbocycles. The average Bonchev–Trinajstić information content (AvgIpc) is 3.39. The number of hydrogen-bond acceptors (Lipinski definition) is 6. The summed E-state index contributed by atoms with van der Waals surface area (Å²) in [5.74, 6) is 4.43. The Labute approximate surface area is 288 Å². The third-order valence-electron chi connectivity index (χ3n) is 13.4. The van der Waals surface area contributed by atoms with E-state index in [9.17, 15) is 9.59 Å². The number of carbonyl (C=O) groups excluding carboxylic acids is 2. The van der Waals surface area contributed by atoms with Crippen LogP contribution in [0.25, 0.3) is 0 Å². The Balaban J connectivity index is 1.28. The zero-order valence-corrected chi connectivity index (χ0v) is 31.0. The summed E-state index contributed by atoms with van der Waals surface area (Å²) in [7, 11) is 0. The molecule has 270 valence electrons. The minimum atomic E-state index is -0.368. The lowest BCUT2D eigenvalue weighted by atomic mass is 9.47. The molecule has 0 aromatic rings. The number of carbonyl (C=O) groups is 2. The van der Waals surface area contributed by atoms with Gasteiger partial charge in [0.25, 0.3) is 0 Å². The molecule has 0 aromatic heterocycles. The van der Waals surface area contributed by atoms with Crippen LogP contribution in [0.4, 0.5) is 0 Å². The van der Waals surface area contributed by atoms with Crippen molar-refractivity contribution in [3.8, 4) is 0 Å². The van der Waals surface area contributed by atoms with Crippen molar-refractivity contribution in [1.29, 1.82) is 0 Å². The van der Waals surface area contributed by atoms with Gasteiger partial charge in [-0.2, -0.15) is 0 Å². The highest BCUT2D eigenvalue weighted by atomic mass is 16.5. The normalized spacial score (nSPS) is 32.3. The second-order valence-electron chi connectivity index (χ2n) is 16.9. The lowest BCUT2D eigenvalue weighted by Crippen LogP contribution is -2.51. The van der Waals surface area contributed by atoms with Gasteiger partial charge < -0.3 is 26.4 Å². The molecule has 0 unspecified atom stereocenters. The smallest absolute Gasteiger partial charge is 0.315 e. The number of unbranched alkanes of at least 4 members (excludes halogenated alkanes) is 1. The number of hydrogen-bond donors (Lipinski definition) is 3. The predicted octanol–water partition coefficient (Wildman–Crippen LogP) is 7.23. The summed E-state index contributed by atoms with van der Waals surface area (Å²) in [5, 5.41) is 3.39. The molecule has 0 aromatic carbocycles. The third kappa shape index (κ3) is 9.63. The maximum absolute atomic E-state index is 13.1. The molecule has 7 nitrogen and oxygen atoms in total. The second-order valence-corrected chi connectivity index (χ2v) is 16.9. The zero-order valence-electron chi connectivity index (χ0n) is 31.0. The van der Waals surface area contributed by atoms with Crippen LogP contribution in [0, 0.1) is 46.3 Å². The number of ether oxygens (including phenoxy) is 1. The van der Waals surface area contributed by atoms with E-state index in [1.54, 1.807) is 0 Å². The highest BCUT2D eigenvalue weighted by molar-refractivity contribution is 5.94. The fraction of sp³-hybridized carbons (Fsp3) is 0.900. The molecular formula is C40H72N4O3. The summed E-state index contributed by atoms with van der Waals surface area (Å²) < 4.78 is 6.03. The maximum atomic E-state index is 13.1. The SMILES string of the molecule is CC(C)CCC[C@@H](C)[C@H]1CC[C@H]2[C@@H]3CC=C4C[C@@H](OC(=O)CC(=O)N(CCCN)CCCCNCCCN)CC[C@]4(C)[C@H]3CC[C@]12C. The molecule has 0 heterocycles. The topological polar surface area (TPSA) is 111 Å². The number of nitrogens with two attached hydrogens (primary N) is 2. The van der Waals surface area contributed by atoms with E-state index in [4.69, 9.17) is 16.2 Å². The number of nitrogens with one attached hydrogen (secondary N) is 1. The summed E-state index contributed by atoms with van der Waals surface area (Å²) in [6, 6.07) is 0. The van der Waals surface area contributed by atoms with Crippen LogP contribution in [0.2, 0.25) is 0 Å². The van der Waals surface area contributed by atoms with Crippen LogP contribution in [-0.4, -0.2) is 62.1 Å². The monoisotopic (exact) mass is 657 g/mol. The predicted molar refractivity (Wildman–Crippen MR) is 194 cm³/mol. The lowest BCUT2D eigenvalue weighted by Gasteiger charge is -2.58. The van der Waals surface area contributed by atoms with Gasteiger partial charge in [0, 0.05) is 19.5 Å². The Morgan fingerprint density at radius 1 is 0.915 bits per heavy atom. The van der Waals surface area contributed by atoms with Crippen molar-refractivity contribution in [2.75, 3.05) is 39.3 Å². The van der Waals surface area contributed by atoms with Gasteiger partial charge in [-0.05, 0) is 143 Å². The minimum absolute atomic E-state index is 0.111. The van der Waals surface area contributed by atoms with Crippen molar-refractivity contribution in [3.05, 3.63) is 11.6 Å². The fourth-order valence-electron chi connectivity index (χ4n) is 10.8. The first-order valence-corrected chi connectivity index (χ1v) is 19.8. The van der Waals surface area contributed by atoms with Gasteiger partial charge in [-0.3, -0.25) is 9.59 Å².